The fourth-order valence-corrected chi connectivity index (χ4v) is 2.81. The van der Waals surface area contributed by atoms with Gasteiger partial charge in [-0.25, -0.2) is 4.79 Å². The first kappa shape index (κ1) is 19.0. The predicted molar refractivity (Wildman–Crippen MR) is 104 cm³/mol. The van der Waals surface area contributed by atoms with Gasteiger partial charge in [-0.1, -0.05) is 30.2 Å². The fraction of sp³-hybridized carbons (Fsp3) is 0.190. The van der Waals surface area contributed by atoms with Gasteiger partial charge in [0.2, 0.25) is 0 Å². The molecular formula is C21H19N3O4. The molecule has 0 saturated carbocycles. The van der Waals surface area contributed by atoms with Crippen LogP contribution in [0.25, 0.3) is 0 Å². The average molecular weight is 377 g/mol. The van der Waals surface area contributed by atoms with Gasteiger partial charge in [0.15, 0.2) is 0 Å². The predicted octanol–water partition coefficient (Wildman–Crippen LogP) is 2.51. The molecule has 1 heterocycles. The maximum absolute atomic E-state index is 12.9. The second kappa shape index (κ2) is 7.84. The largest absolute Gasteiger partial charge is 0.497 e. The van der Waals surface area contributed by atoms with E-state index in [-0.39, 0.29) is 6.61 Å². The van der Waals surface area contributed by atoms with Crippen LogP contribution in [0, 0.1) is 12.3 Å². The second-order valence-electron chi connectivity index (χ2n) is 6.18. The number of ether oxygens (including phenoxy) is 2. The van der Waals surface area contributed by atoms with Crippen LogP contribution in [0.5, 0.6) is 11.5 Å². The first-order valence-corrected chi connectivity index (χ1v) is 8.50. The number of nitrogens with zero attached hydrogens (tertiary/aromatic N) is 2. The third-order valence-electron chi connectivity index (χ3n) is 4.38. The number of benzene rings is 2. The standard InChI is InChI=1S/C21H19N3O4/c1-4-13-28-18-8-6-5-7-15(18)14-22-24-19(25)21(2,23-20(24)26)16-9-11-17(27-3)12-10-16/h1,5-12,14H,13H2,2-3H3,(H,23,26)/b22-14-/t21-/m1/s1. The quantitative estimate of drug-likeness (QED) is 0.477. The van der Waals surface area contributed by atoms with Crippen LogP contribution in [0.2, 0.25) is 0 Å². The van der Waals surface area contributed by atoms with Gasteiger partial charge in [-0.15, -0.1) is 11.4 Å². The van der Waals surface area contributed by atoms with E-state index in [9.17, 15) is 9.59 Å². The summed E-state index contributed by atoms with van der Waals surface area (Å²) in [5.74, 6) is 3.07. The zero-order chi connectivity index (χ0) is 20.1. The highest BCUT2D eigenvalue weighted by molar-refractivity contribution is 6.07. The maximum atomic E-state index is 12.9. The molecule has 0 aromatic heterocycles. The molecule has 1 saturated heterocycles. The molecule has 1 N–H and O–H groups in total. The van der Waals surface area contributed by atoms with Crippen molar-refractivity contribution in [2.45, 2.75) is 12.5 Å². The smallest absolute Gasteiger partial charge is 0.346 e. The minimum Gasteiger partial charge on any atom is -0.497 e. The number of amides is 3. The number of carbonyl (C=O) groups excluding carboxylic acids is 2. The number of urea groups is 1. The molecule has 142 valence electrons. The van der Waals surface area contributed by atoms with E-state index < -0.39 is 17.5 Å². The Hall–Kier alpha value is -3.79. The van der Waals surface area contributed by atoms with Crippen molar-refractivity contribution < 1.29 is 19.1 Å². The number of hydrogen-bond donors (Lipinski definition) is 1. The molecule has 7 nitrogen and oxygen atoms in total. The lowest BCUT2D eigenvalue weighted by Gasteiger charge is -2.21. The molecule has 0 radical (unpaired) electrons. The van der Waals surface area contributed by atoms with E-state index >= 15 is 0 Å². The maximum Gasteiger partial charge on any atom is 0.346 e. The van der Waals surface area contributed by atoms with Crippen LogP contribution in [-0.2, 0) is 10.3 Å². The van der Waals surface area contributed by atoms with E-state index in [4.69, 9.17) is 15.9 Å². The summed E-state index contributed by atoms with van der Waals surface area (Å²) in [7, 11) is 1.56. The number of terminal acetylenes is 1. The van der Waals surface area contributed by atoms with Gasteiger partial charge in [0, 0.05) is 5.56 Å². The molecule has 3 rings (SSSR count). The summed E-state index contributed by atoms with van der Waals surface area (Å²) < 4.78 is 10.6. The molecule has 1 atom stereocenters. The van der Waals surface area contributed by atoms with Crippen molar-refractivity contribution in [3.8, 4) is 23.8 Å². The van der Waals surface area contributed by atoms with E-state index in [1.807, 2.05) is 0 Å². The molecular weight excluding hydrogens is 358 g/mol. The minimum atomic E-state index is -1.22. The fourth-order valence-electron chi connectivity index (χ4n) is 2.81. The zero-order valence-corrected chi connectivity index (χ0v) is 15.5. The van der Waals surface area contributed by atoms with E-state index in [1.165, 1.54) is 6.21 Å². The van der Waals surface area contributed by atoms with Crippen molar-refractivity contribution in [1.29, 1.82) is 0 Å². The molecule has 2 aromatic carbocycles. The Morgan fingerprint density at radius 3 is 2.61 bits per heavy atom. The Morgan fingerprint density at radius 1 is 1.21 bits per heavy atom. The number of methoxy groups -OCH3 is 1. The van der Waals surface area contributed by atoms with Crippen molar-refractivity contribution >= 4 is 18.2 Å². The normalized spacial score (nSPS) is 18.8. The highest BCUT2D eigenvalue weighted by Crippen LogP contribution is 2.30. The van der Waals surface area contributed by atoms with Crippen LogP contribution < -0.4 is 14.8 Å². The van der Waals surface area contributed by atoms with Crippen molar-refractivity contribution in [3.63, 3.8) is 0 Å². The Bertz CT molecular complexity index is 962. The Balaban J connectivity index is 1.84. The van der Waals surface area contributed by atoms with Crippen molar-refractivity contribution in [2.75, 3.05) is 13.7 Å². The molecule has 7 heteroatoms. The van der Waals surface area contributed by atoms with Crippen molar-refractivity contribution in [2.24, 2.45) is 5.10 Å². The number of carbonyl (C=O) groups is 2. The lowest BCUT2D eigenvalue weighted by Crippen LogP contribution is -2.40. The average Bonchev–Trinajstić information content (AvgIpc) is 2.94. The summed E-state index contributed by atoms with van der Waals surface area (Å²) in [6, 6.07) is 13.4. The first-order chi connectivity index (χ1) is 13.5. The third-order valence-corrected chi connectivity index (χ3v) is 4.38. The zero-order valence-electron chi connectivity index (χ0n) is 15.5. The monoisotopic (exact) mass is 377 g/mol. The van der Waals surface area contributed by atoms with E-state index in [0.717, 1.165) is 5.01 Å². The molecule has 3 amide bonds. The number of nitrogens with one attached hydrogen (secondary N) is 1. The van der Waals surface area contributed by atoms with Gasteiger partial charge in [0.05, 0.1) is 13.3 Å². The summed E-state index contributed by atoms with van der Waals surface area (Å²) in [4.78, 5) is 25.3. The van der Waals surface area contributed by atoms with Gasteiger partial charge < -0.3 is 14.8 Å². The SMILES string of the molecule is C#CCOc1ccccc1/C=N\N1C(=O)N[C@](C)(c2ccc(OC)cc2)C1=O. The highest BCUT2D eigenvalue weighted by Gasteiger charge is 2.49. The lowest BCUT2D eigenvalue weighted by atomic mass is 9.92. The molecule has 28 heavy (non-hydrogen) atoms. The Morgan fingerprint density at radius 2 is 1.93 bits per heavy atom. The van der Waals surface area contributed by atoms with Crippen LogP contribution in [-0.4, -0.2) is 36.9 Å². The molecule has 1 aliphatic heterocycles. The topological polar surface area (TPSA) is 80.2 Å². The van der Waals surface area contributed by atoms with Crippen LogP contribution in [0.1, 0.15) is 18.1 Å². The molecule has 0 unspecified atom stereocenters. The molecule has 1 fully saturated rings. The Kier molecular flexibility index (Phi) is 5.32. The summed E-state index contributed by atoms with van der Waals surface area (Å²) >= 11 is 0. The van der Waals surface area contributed by atoms with Gasteiger partial charge in [-0.05, 0) is 36.8 Å². The van der Waals surface area contributed by atoms with Gasteiger partial charge >= 0.3 is 6.03 Å². The first-order valence-electron chi connectivity index (χ1n) is 8.50. The molecule has 0 bridgehead atoms. The van der Waals surface area contributed by atoms with Crippen LogP contribution in [0.4, 0.5) is 4.79 Å². The number of para-hydroxylation sites is 1. The van der Waals surface area contributed by atoms with Gasteiger partial charge in [-0.2, -0.15) is 5.10 Å². The van der Waals surface area contributed by atoms with E-state index in [2.05, 4.69) is 16.3 Å². The summed E-state index contributed by atoms with van der Waals surface area (Å²) in [6.45, 7) is 1.73. The number of hydrazone groups is 1. The van der Waals surface area contributed by atoms with Gasteiger partial charge in [0.1, 0.15) is 23.6 Å². The summed E-state index contributed by atoms with van der Waals surface area (Å²) in [6.07, 6.45) is 6.61. The van der Waals surface area contributed by atoms with Crippen molar-refractivity contribution in [3.05, 3.63) is 59.7 Å². The third kappa shape index (κ3) is 3.53. The highest BCUT2D eigenvalue weighted by atomic mass is 16.5. The minimum absolute atomic E-state index is 0.101. The number of rotatable bonds is 6. The van der Waals surface area contributed by atoms with E-state index in [1.54, 1.807) is 62.6 Å². The van der Waals surface area contributed by atoms with E-state index in [0.29, 0.717) is 22.6 Å². The molecule has 0 spiro atoms. The molecule has 2 aromatic rings. The second-order valence-corrected chi connectivity index (χ2v) is 6.18. The van der Waals surface area contributed by atoms with Crippen LogP contribution >= 0.6 is 0 Å². The van der Waals surface area contributed by atoms with Crippen molar-refractivity contribution in [1.82, 2.24) is 10.3 Å². The summed E-state index contributed by atoms with van der Waals surface area (Å²) in [5, 5.41) is 7.57. The van der Waals surface area contributed by atoms with Gasteiger partial charge in [0.25, 0.3) is 5.91 Å². The van der Waals surface area contributed by atoms with Crippen LogP contribution in [0.15, 0.2) is 53.6 Å². The summed E-state index contributed by atoms with van der Waals surface area (Å²) in [5.41, 5.74) is -0.00120. The lowest BCUT2D eigenvalue weighted by molar-refractivity contribution is -0.131. The molecule has 0 aliphatic carbocycles. The molecule has 1 aliphatic rings. The van der Waals surface area contributed by atoms with Gasteiger partial charge in [-0.3, -0.25) is 4.79 Å². The van der Waals surface area contributed by atoms with Crippen LogP contribution in [0.3, 0.4) is 0 Å². The number of hydrogen-bond acceptors (Lipinski definition) is 5. The number of imide groups is 1. The Labute approximate surface area is 162 Å².